The Hall–Kier alpha value is -2.56. The van der Waals surface area contributed by atoms with Crippen LogP contribution in [0.2, 0.25) is 0 Å². The van der Waals surface area contributed by atoms with Crippen LogP contribution in [0.25, 0.3) is 0 Å². The van der Waals surface area contributed by atoms with Gasteiger partial charge in [0, 0.05) is 31.1 Å². The number of Topliss-reactive ketones (excluding diaryl/α,β-unsaturated/α-hetero) is 1. The number of ketones is 1. The van der Waals surface area contributed by atoms with Crippen molar-refractivity contribution in [1.82, 2.24) is 9.88 Å². The summed E-state index contributed by atoms with van der Waals surface area (Å²) in [6, 6.07) is 11.1. The first-order valence-electron chi connectivity index (χ1n) is 8.14. The number of halogens is 1. The minimum Gasteiger partial charge on any atom is -0.334 e. The van der Waals surface area contributed by atoms with Gasteiger partial charge in [0.2, 0.25) is 5.91 Å². The third kappa shape index (κ3) is 3.67. The first-order valence-corrected chi connectivity index (χ1v) is 8.14. The number of aromatic nitrogens is 1. The Kier molecular flexibility index (Phi) is 4.99. The molecule has 4 nitrogen and oxygen atoms in total. The van der Waals surface area contributed by atoms with E-state index in [0.29, 0.717) is 12.1 Å². The molecule has 5 heteroatoms. The molecule has 2 aromatic rings. The maximum atomic E-state index is 12.9. The monoisotopic (exact) mass is 326 g/mol. The van der Waals surface area contributed by atoms with Crippen LogP contribution in [0.4, 0.5) is 4.39 Å². The van der Waals surface area contributed by atoms with Gasteiger partial charge in [-0.05, 0) is 49.2 Å². The van der Waals surface area contributed by atoms with Crippen molar-refractivity contribution >= 4 is 11.7 Å². The number of likely N-dealkylation sites (tertiary alicyclic amines) is 1. The number of carbonyl (C=O) groups excluding carboxylic acids is 2. The molecule has 1 aromatic carbocycles. The number of benzene rings is 1. The molecule has 0 aliphatic carbocycles. The van der Waals surface area contributed by atoms with E-state index in [9.17, 15) is 14.0 Å². The Morgan fingerprint density at radius 1 is 1.12 bits per heavy atom. The van der Waals surface area contributed by atoms with Crippen molar-refractivity contribution in [1.29, 1.82) is 0 Å². The maximum Gasteiger partial charge on any atom is 0.223 e. The van der Waals surface area contributed by atoms with Crippen molar-refractivity contribution in [3.8, 4) is 0 Å². The first-order chi connectivity index (χ1) is 11.6. The van der Waals surface area contributed by atoms with Crippen molar-refractivity contribution in [3.05, 3.63) is 65.7 Å². The summed E-state index contributed by atoms with van der Waals surface area (Å²) >= 11 is 0. The lowest BCUT2D eigenvalue weighted by atomic mass is 10.1. The molecule has 0 N–H and O–H groups in total. The van der Waals surface area contributed by atoms with E-state index in [2.05, 4.69) is 4.98 Å². The molecule has 0 spiro atoms. The molecule has 24 heavy (non-hydrogen) atoms. The molecule has 1 atom stereocenters. The Morgan fingerprint density at radius 2 is 1.92 bits per heavy atom. The maximum absolute atomic E-state index is 12.9. The molecule has 0 unspecified atom stereocenters. The zero-order valence-electron chi connectivity index (χ0n) is 13.3. The second kappa shape index (κ2) is 7.34. The van der Waals surface area contributed by atoms with E-state index in [1.807, 2.05) is 23.1 Å². The summed E-state index contributed by atoms with van der Waals surface area (Å²) in [7, 11) is 0. The minimum absolute atomic E-state index is 0.000349. The number of carbonyl (C=O) groups is 2. The Bertz CT molecular complexity index is 716. The number of pyridine rings is 1. The van der Waals surface area contributed by atoms with Crippen molar-refractivity contribution in [2.45, 2.75) is 31.7 Å². The lowest BCUT2D eigenvalue weighted by Gasteiger charge is -2.24. The summed E-state index contributed by atoms with van der Waals surface area (Å²) in [5, 5.41) is 0. The molecule has 124 valence electrons. The molecule has 3 rings (SSSR count). The molecule has 0 bridgehead atoms. The van der Waals surface area contributed by atoms with Crippen LogP contribution in [0.5, 0.6) is 0 Å². The van der Waals surface area contributed by atoms with Gasteiger partial charge in [-0.3, -0.25) is 14.6 Å². The average Bonchev–Trinajstić information content (AvgIpc) is 3.10. The van der Waals surface area contributed by atoms with E-state index < -0.39 is 0 Å². The summed E-state index contributed by atoms with van der Waals surface area (Å²) in [4.78, 5) is 30.8. The molecule has 1 amide bonds. The van der Waals surface area contributed by atoms with Gasteiger partial charge in [0.05, 0.1) is 11.7 Å². The third-order valence-electron chi connectivity index (χ3n) is 4.33. The van der Waals surface area contributed by atoms with Gasteiger partial charge in [0.15, 0.2) is 5.78 Å². The standard InChI is InChI=1S/C19H19FN2O2/c20-15-8-6-14(7-9-15)18(23)10-11-19(24)22-13-3-5-17(22)16-4-1-2-12-21-16/h1-2,4,6-9,12,17H,3,5,10-11,13H2/t17-/m0/s1. The van der Waals surface area contributed by atoms with E-state index in [-0.39, 0.29) is 36.4 Å². The zero-order valence-corrected chi connectivity index (χ0v) is 13.3. The fourth-order valence-electron chi connectivity index (χ4n) is 3.09. The molecule has 1 aromatic heterocycles. The van der Waals surface area contributed by atoms with Gasteiger partial charge in [-0.1, -0.05) is 6.07 Å². The highest BCUT2D eigenvalue weighted by atomic mass is 19.1. The summed E-state index contributed by atoms with van der Waals surface area (Å²) in [6.45, 7) is 0.699. The Morgan fingerprint density at radius 3 is 2.62 bits per heavy atom. The number of amides is 1. The summed E-state index contributed by atoms with van der Waals surface area (Å²) in [5.74, 6) is -0.548. The predicted octanol–water partition coefficient (Wildman–Crippen LogP) is 3.55. The largest absolute Gasteiger partial charge is 0.334 e. The molecule has 1 aliphatic heterocycles. The van der Waals surface area contributed by atoms with Gasteiger partial charge in [-0.2, -0.15) is 0 Å². The summed E-state index contributed by atoms with van der Waals surface area (Å²) < 4.78 is 12.9. The second-order valence-electron chi connectivity index (χ2n) is 5.93. The van der Waals surface area contributed by atoms with Crippen LogP contribution in [0, 0.1) is 5.82 Å². The van der Waals surface area contributed by atoms with Crippen LogP contribution in [0.1, 0.15) is 47.8 Å². The third-order valence-corrected chi connectivity index (χ3v) is 4.33. The summed E-state index contributed by atoms with van der Waals surface area (Å²) in [5.41, 5.74) is 1.33. The average molecular weight is 326 g/mol. The van der Waals surface area contributed by atoms with E-state index in [0.717, 1.165) is 18.5 Å². The van der Waals surface area contributed by atoms with E-state index in [1.54, 1.807) is 6.20 Å². The molecule has 2 heterocycles. The number of hydrogen-bond donors (Lipinski definition) is 0. The highest BCUT2D eigenvalue weighted by molar-refractivity contribution is 5.97. The highest BCUT2D eigenvalue weighted by Gasteiger charge is 2.30. The van der Waals surface area contributed by atoms with Crippen LogP contribution in [0.15, 0.2) is 48.7 Å². The fraction of sp³-hybridized carbons (Fsp3) is 0.316. The normalized spacial score (nSPS) is 17.0. The Labute approximate surface area is 140 Å². The molecular weight excluding hydrogens is 307 g/mol. The van der Waals surface area contributed by atoms with Gasteiger partial charge in [0.1, 0.15) is 5.82 Å². The van der Waals surface area contributed by atoms with Crippen molar-refractivity contribution < 1.29 is 14.0 Å². The SMILES string of the molecule is O=C(CCC(=O)N1CCC[C@H]1c1ccccn1)c1ccc(F)cc1. The van der Waals surface area contributed by atoms with E-state index in [4.69, 9.17) is 0 Å². The highest BCUT2D eigenvalue weighted by Crippen LogP contribution is 2.31. The topological polar surface area (TPSA) is 50.3 Å². The Balaban J connectivity index is 1.60. The fourth-order valence-corrected chi connectivity index (χ4v) is 3.09. The van der Waals surface area contributed by atoms with Gasteiger partial charge >= 0.3 is 0 Å². The van der Waals surface area contributed by atoms with Crippen LogP contribution >= 0.6 is 0 Å². The van der Waals surface area contributed by atoms with Crippen molar-refractivity contribution in [3.63, 3.8) is 0 Å². The van der Waals surface area contributed by atoms with Crippen LogP contribution in [-0.4, -0.2) is 28.1 Å². The number of nitrogens with zero attached hydrogens (tertiary/aromatic N) is 2. The van der Waals surface area contributed by atoms with Gasteiger partial charge in [-0.25, -0.2) is 4.39 Å². The van der Waals surface area contributed by atoms with E-state index >= 15 is 0 Å². The number of hydrogen-bond acceptors (Lipinski definition) is 3. The van der Waals surface area contributed by atoms with Crippen LogP contribution < -0.4 is 0 Å². The predicted molar refractivity (Wildman–Crippen MR) is 87.9 cm³/mol. The van der Waals surface area contributed by atoms with Gasteiger partial charge in [-0.15, -0.1) is 0 Å². The first kappa shape index (κ1) is 16.3. The second-order valence-corrected chi connectivity index (χ2v) is 5.93. The molecule has 1 fully saturated rings. The van der Waals surface area contributed by atoms with E-state index in [1.165, 1.54) is 24.3 Å². The molecule has 0 radical (unpaired) electrons. The molecule has 1 aliphatic rings. The molecule has 0 saturated carbocycles. The lowest BCUT2D eigenvalue weighted by molar-refractivity contribution is -0.132. The lowest BCUT2D eigenvalue weighted by Crippen LogP contribution is -2.31. The van der Waals surface area contributed by atoms with Crippen LogP contribution in [-0.2, 0) is 4.79 Å². The van der Waals surface area contributed by atoms with Gasteiger partial charge < -0.3 is 4.90 Å². The molecule has 1 saturated heterocycles. The van der Waals surface area contributed by atoms with Crippen molar-refractivity contribution in [2.24, 2.45) is 0 Å². The molecular formula is C19H19FN2O2. The quantitative estimate of drug-likeness (QED) is 0.790. The number of rotatable bonds is 5. The zero-order chi connectivity index (χ0) is 16.9. The van der Waals surface area contributed by atoms with Crippen LogP contribution in [0.3, 0.4) is 0 Å². The minimum atomic E-state index is -0.377. The van der Waals surface area contributed by atoms with Crippen molar-refractivity contribution in [2.75, 3.05) is 6.54 Å². The smallest absolute Gasteiger partial charge is 0.223 e. The van der Waals surface area contributed by atoms with Gasteiger partial charge in [0.25, 0.3) is 0 Å². The summed E-state index contributed by atoms with van der Waals surface area (Å²) in [6.07, 6.45) is 3.87.